The number of carboxylic acids is 1. The molecule has 0 unspecified atom stereocenters. The van der Waals surface area contributed by atoms with Crippen LogP contribution in [-0.2, 0) is 31.8 Å². The third kappa shape index (κ3) is 7.25. The highest BCUT2D eigenvalue weighted by molar-refractivity contribution is 7.89. The Morgan fingerprint density at radius 3 is 2.66 bits per heavy atom. The standard InChI is InChI=1S/C30H34ClN3O6S/c31-26-11-10-22(41(37,38)34-15-4-3-6-27(32)29(35)36)17-20(26)19-39-30(13-14-30)25-18-33-16-12-23(25)24-5-1-2-7-28(24)40-21-8-9-21/h1-2,5,7,10-12,16-18,21,27,34H,3-4,6,8-9,13-15,19,32H2,(H,35,36)/t27-/m0/s1. The number of carbonyl (C=O) groups is 1. The van der Waals surface area contributed by atoms with Gasteiger partial charge in [-0.2, -0.15) is 0 Å². The predicted octanol–water partition coefficient (Wildman–Crippen LogP) is 5.01. The molecular formula is C30H34ClN3O6S. The van der Waals surface area contributed by atoms with Crippen LogP contribution in [-0.4, -0.2) is 43.2 Å². The predicted molar refractivity (Wildman–Crippen MR) is 155 cm³/mol. The molecule has 0 aliphatic heterocycles. The molecular weight excluding hydrogens is 566 g/mol. The van der Waals surface area contributed by atoms with Crippen molar-refractivity contribution in [2.24, 2.45) is 5.73 Å². The number of nitrogens with one attached hydrogen (secondary N) is 1. The third-order valence-electron chi connectivity index (χ3n) is 7.39. The second kappa shape index (κ2) is 12.5. The number of hydrogen-bond donors (Lipinski definition) is 3. The van der Waals surface area contributed by atoms with Gasteiger partial charge in [0, 0.05) is 35.1 Å². The SMILES string of the molecule is N[C@@H](CCCCNS(=O)(=O)c1ccc(Cl)c(COC2(c3cnccc3-c3ccccc3OC3CC3)CC2)c1)C(=O)O. The van der Waals surface area contributed by atoms with Gasteiger partial charge in [-0.15, -0.1) is 0 Å². The van der Waals surface area contributed by atoms with E-state index >= 15 is 0 Å². The first-order valence-electron chi connectivity index (χ1n) is 13.8. The molecule has 0 saturated heterocycles. The van der Waals surface area contributed by atoms with E-state index in [1.165, 1.54) is 12.1 Å². The van der Waals surface area contributed by atoms with Crippen LogP contribution in [0.5, 0.6) is 5.75 Å². The summed E-state index contributed by atoms with van der Waals surface area (Å²) in [5.41, 5.74) is 8.48. The van der Waals surface area contributed by atoms with Crippen molar-refractivity contribution < 1.29 is 27.8 Å². The lowest BCUT2D eigenvalue weighted by Gasteiger charge is -2.22. The summed E-state index contributed by atoms with van der Waals surface area (Å²) in [4.78, 5) is 15.3. The van der Waals surface area contributed by atoms with Gasteiger partial charge in [-0.25, -0.2) is 13.1 Å². The van der Waals surface area contributed by atoms with Gasteiger partial charge in [0.25, 0.3) is 0 Å². The number of pyridine rings is 1. The van der Waals surface area contributed by atoms with Crippen molar-refractivity contribution in [2.75, 3.05) is 6.54 Å². The summed E-state index contributed by atoms with van der Waals surface area (Å²) in [7, 11) is -3.80. The number of halogens is 1. The molecule has 2 aliphatic carbocycles. The van der Waals surface area contributed by atoms with Crippen LogP contribution >= 0.6 is 11.6 Å². The van der Waals surface area contributed by atoms with Gasteiger partial charge in [0.2, 0.25) is 10.0 Å². The van der Waals surface area contributed by atoms with Crippen molar-refractivity contribution in [3.63, 3.8) is 0 Å². The molecule has 0 bridgehead atoms. The summed E-state index contributed by atoms with van der Waals surface area (Å²) in [6, 6.07) is 13.6. The fraction of sp³-hybridized carbons (Fsp3) is 0.400. The van der Waals surface area contributed by atoms with E-state index in [0.29, 0.717) is 23.4 Å². The van der Waals surface area contributed by atoms with Crippen LogP contribution in [0.4, 0.5) is 0 Å². The number of hydrogen-bond acceptors (Lipinski definition) is 7. The number of nitrogens with zero attached hydrogens (tertiary/aromatic N) is 1. The molecule has 0 amide bonds. The molecule has 5 rings (SSSR count). The van der Waals surface area contributed by atoms with Crippen molar-refractivity contribution in [1.82, 2.24) is 9.71 Å². The zero-order chi connectivity index (χ0) is 29.0. The molecule has 2 fully saturated rings. The molecule has 1 aromatic heterocycles. The van der Waals surface area contributed by atoms with Gasteiger partial charge in [-0.05, 0) is 80.0 Å². The molecule has 1 atom stereocenters. The quantitative estimate of drug-likeness (QED) is 0.207. The average molecular weight is 600 g/mol. The maximum Gasteiger partial charge on any atom is 0.320 e. The maximum atomic E-state index is 12.9. The summed E-state index contributed by atoms with van der Waals surface area (Å²) in [5, 5.41) is 9.28. The molecule has 4 N–H and O–H groups in total. The third-order valence-corrected chi connectivity index (χ3v) is 9.22. The van der Waals surface area contributed by atoms with Crippen molar-refractivity contribution in [2.45, 2.75) is 74.2 Å². The Labute approximate surface area is 245 Å². The first-order chi connectivity index (χ1) is 19.7. The zero-order valence-electron chi connectivity index (χ0n) is 22.6. The van der Waals surface area contributed by atoms with Crippen LogP contribution in [0.25, 0.3) is 11.1 Å². The average Bonchev–Trinajstić information content (AvgIpc) is 3.90. The molecule has 0 radical (unpaired) electrons. The normalized spacial score (nSPS) is 16.7. The number of aromatic nitrogens is 1. The Hall–Kier alpha value is -3.02. The van der Waals surface area contributed by atoms with Gasteiger partial charge in [-0.3, -0.25) is 9.78 Å². The smallest absolute Gasteiger partial charge is 0.320 e. The highest BCUT2D eigenvalue weighted by atomic mass is 35.5. The van der Waals surface area contributed by atoms with E-state index in [2.05, 4.69) is 9.71 Å². The van der Waals surface area contributed by atoms with Crippen LogP contribution in [0.3, 0.4) is 0 Å². The van der Waals surface area contributed by atoms with Crippen molar-refractivity contribution in [3.8, 4) is 16.9 Å². The topological polar surface area (TPSA) is 141 Å². The molecule has 1 heterocycles. The molecule has 3 aromatic rings. The van der Waals surface area contributed by atoms with Crippen LogP contribution in [0.2, 0.25) is 5.02 Å². The van der Waals surface area contributed by atoms with E-state index in [1.807, 2.05) is 36.5 Å². The molecule has 2 aromatic carbocycles. The lowest BCUT2D eigenvalue weighted by Crippen LogP contribution is -2.30. The van der Waals surface area contributed by atoms with E-state index in [4.69, 9.17) is 31.9 Å². The lowest BCUT2D eigenvalue weighted by atomic mass is 9.96. The van der Waals surface area contributed by atoms with Gasteiger partial charge in [0.05, 0.1) is 23.2 Å². The number of nitrogens with two attached hydrogens (primary N) is 1. The Morgan fingerprint density at radius 2 is 1.93 bits per heavy atom. The fourth-order valence-electron chi connectivity index (χ4n) is 4.70. The molecule has 218 valence electrons. The molecule has 9 nitrogen and oxygen atoms in total. The molecule has 2 saturated carbocycles. The zero-order valence-corrected chi connectivity index (χ0v) is 24.2. The number of ether oxygens (including phenoxy) is 2. The van der Waals surface area contributed by atoms with Gasteiger partial charge in [-0.1, -0.05) is 36.2 Å². The Bertz CT molecular complexity index is 1510. The van der Waals surface area contributed by atoms with Crippen LogP contribution in [0.1, 0.15) is 56.1 Å². The minimum Gasteiger partial charge on any atom is -0.490 e. The number of para-hydroxylation sites is 1. The van der Waals surface area contributed by atoms with Gasteiger partial charge >= 0.3 is 5.97 Å². The number of carboxylic acid groups (broad SMARTS) is 1. The van der Waals surface area contributed by atoms with Crippen molar-refractivity contribution >= 4 is 27.6 Å². The van der Waals surface area contributed by atoms with Gasteiger partial charge < -0.3 is 20.3 Å². The number of rotatable bonds is 15. The Balaban J connectivity index is 1.27. The number of sulfonamides is 1. The number of benzene rings is 2. The first kappa shape index (κ1) is 29.5. The van der Waals surface area contributed by atoms with E-state index in [0.717, 1.165) is 48.1 Å². The Kier molecular flexibility index (Phi) is 8.96. The number of aliphatic carboxylic acids is 1. The first-order valence-corrected chi connectivity index (χ1v) is 15.7. The summed E-state index contributed by atoms with van der Waals surface area (Å²) >= 11 is 6.46. The maximum absolute atomic E-state index is 12.9. The monoisotopic (exact) mass is 599 g/mol. The van der Waals surface area contributed by atoms with Gasteiger partial charge in [0.15, 0.2) is 0 Å². The molecule has 0 spiro atoms. The second-order valence-electron chi connectivity index (χ2n) is 10.6. The lowest BCUT2D eigenvalue weighted by molar-refractivity contribution is -0.138. The minimum absolute atomic E-state index is 0.0841. The summed E-state index contributed by atoms with van der Waals surface area (Å²) < 4.78 is 41.0. The number of unbranched alkanes of at least 4 members (excludes halogenated alkanes) is 1. The van der Waals surface area contributed by atoms with Gasteiger partial charge in [0.1, 0.15) is 11.8 Å². The summed E-state index contributed by atoms with van der Waals surface area (Å²) in [6.45, 7) is 0.297. The van der Waals surface area contributed by atoms with E-state index < -0.39 is 27.6 Å². The van der Waals surface area contributed by atoms with Crippen LogP contribution in [0.15, 0.2) is 65.8 Å². The van der Waals surface area contributed by atoms with E-state index in [-0.39, 0.29) is 30.6 Å². The molecule has 2 aliphatic rings. The van der Waals surface area contributed by atoms with Crippen LogP contribution < -0.4 is 15.2 Å². The van der Waals surface area contributed by atoms with E-state index in [1.54, 1.807) is 12.3 Å². The fourth-order valence-corrected chi connectivity index (χ4v) is 6.00. The molecule has 41 heavy (non-hydrogen) atoms. The molecule has 11 heteroatoms. The summed E-state index contributed by atoms with van der Waals surface area (Å²) in [6.07, 6.45) is 8.85. The largest absolute Gasteiger partial charge is 0.490 e. The van der Waals surface area contributed by atoms with Crippen molar-refractivity contribution in [3.05, 3.63) is 77.1 Å². The second-order valence-corrected chi connectivity index (χ2v) is 12.8. The van der Waals surface area contributed by atoms with Crippen molar-refractivity contribution in [1.29, 1.82) is 0 Å². The highest BCUT2D eigenvalue weighted by Crippen LogP contribution is 2.53. The Morgan fingerprint density at radius 1 is 1.15 bits per heavy atom. The van der Waals surface area contributed by atoms with E-state index in [9.17, 15) is 13.2 Å². The summed E-state index contributed by atoms with van der Waals surface area (Å²) in [5.74, 6) is -0.224. The minimum atomic E-state index is -3.80. The van der Waals surface area contributed by atoms with Crippen LogP contribution in [0, 0.1) is 0 Å². The highest BCUT2D eigenvalue weighted by Gasteiger charge is 2.48.